The van der Waals surface area contributed by atoms with Crippen LogP contribution in [0.25, 0.3) is 22.2 Å². The van der Waals surface area contributed by atoms with E-state index in [0.29, 0.717) is 35.6 Å². The Bertz CT molecular complexity index is 2190. The Balaban J connectivity index is 1.13. The lowest BCUT2D eigenvalue weighted by atomic mass is 9.94. The summed E-state index contributed by atoms with van der Waals surface area (Å²) in [6, 6.07) is 20.2. The lowest BCUT2D eigenvalue weighted by Crippen LogP contribution is -2.45. The number of hydrogen-bond donors (Lipinski definition) is 1. The molecule has 1 N–H and O–H groups in total. The molecule has 58 heavy (non-hydrogen) atoms. The Morgan fingerprint density at radius 1 is 0.983 bits per heavy atom. The number of ketones is 1. The number of pyridine rings is 1. The summed E-state index contributed by atoms with van der Waals surface area (Å²) in [5.74, 6) is -0.524. The topological polar surface area (TPSA) is 132 Å². The van der Waals surface area contributed by atoms with Crippen LogP contribution in [0.1, 0.15) is 88.3 Å². The summed E-state index contributed by atoms with van der Waals surface area (Å²) in [7, 11) is -2.27. The first-order valence-electron chi connectivity index (χ1n) is 20.9. The number of thiophene rings is 1. The molecule has 4 aromatic rings. The Kier molecular flexibility index (Phi) is 12.2. The molecule has 2 aliphatic heterocycles. The van der Waals surface area contributed by atoms with E-state index in [1.807, 2.05) is 78.2 Å². The zero-order valence-corrected chi connectivity index (χ0v) is 34.8. The molecule has 3 fully saturated rings. The second kappa shape index (κ2) is 17.5. The molecule has 1 amide bonds. The van der Waals surface area contributed by atoms with Gasteiger partial charge in [0.1, 0.15) is 23.7 Å². The highest BCUT2D eigenvalue weighted by Crippen LogP contribution is 2.74. The number of carbonyl (C=O) groups is 3. The van der Waals surface area contributed by atoms with E-state index in [2.05, 4.69) is 6.08 Å². The van der Waals surface area contributed by atoms with Crippen LogP contribution in [0.15, 0.2) is 84.3 Å². The number of allylic oxidation sites excluding steroid dienone is 2. The van der Waals surface area contributed by atoms with Crippen LogP contribution in [0, 0.1) is 11.8 Å². The van der Waals surface area contributed by atoms with Gasteiger partial charge in [0.25, 0.3) is 0 Å². The highest BCUT2D eigenvalue weighted by atomic mass is 32.1. The first-order chi connectivity index (χ1) is 28.1. The zero-order valence-electron chi connectivity index (χ0n) is 33.1. The maximum absolute atomic E-state index is 14.9. The molecule has 8 rings (SSSR count). The molecular formula is C46H53N2O8PS. The molecule has 10 nitrogen and oxygen atoms in total. The third-order valence-corrected chi connectivity index (χ3v) is 16.6. The van der Waals surface area contributed by atoms with Gasteiger partial charge in [0, 0.05) is 46.7 Å². The van der Waals surface area contributed by atoms with Crippen molar-refractivity contribution in [2.75, 3.05) is 13.7 Å². The predicted molar refractivity (Wildman–Crippen MR) is 225 cm³/mol. The number of fused-ring (bicyclic) bond motifs is 3. The number of aromatic nitrogens is 1. The van der Waals surface area contributed by atoms with Crippen molar-refractivity contribution in [1.82, 2.24) is 9.88 Å². The number of Topliss-reactive ketones (excluding diaryl/α,β-unsaturated/α-hetero) is 1. The number of hydrogen-bond acceptors (Lipinski definition) is 9. The Morgan fingerprint density at radius 2 is 1.79 bits per heavy atom. The molecule has 1 saturated heterocycles. The maximum atomic E-state index is 14.9. The number of ether oxygens (including phenoxy) is 3. The summed E-state index contributed by atoms with van der Waals surface area (Å²) >= 11 is 1.44. The molecule has 0 radical (unpaired) electrons. The maximum Gasteiger partial charge on any atom is 0.306 e. The number of rotatable bonds is 10. The molecule has 2 aliphatic carbocycles. The van der Waals surface area contributed by atoms with Crippen LogP contribution in [-0.4, -0.2) is 69.5 Å². The number of amides is 1. The summed E-state index contributed by atoms with van der Waals surface area (Å²) in [6.07, 6.45) is 11.5. The second-order valence-corrected chi connectivity index (χ2v) is 20.2. The van der Waals surface area contributed by atoms with E-state index in [9.17, 15) is 23.8 Å². The van der Waals surface area contributed by atoms with E-state index in [4.69, 9.17) is 19.2 Å². The number of esters is 1. The van der Waals surface area contributed by atoms with E-state index in [1.54, 1.807) is 12.0 Å². The van der Waals surface area contributed by atoms with Crippen LogP contribution in [0.4, 0.5) is 0 Å². The van der Waals surface area contributed by atoms with Crippen molar-refractivity contribution in [3.05, 3.63) is 89.1 Å². The molecule has 12 heteroatoms. The fourth-order valence-electron chi connectivity index (χ4n) is 9.34. The van der Waals surface area contributed by atoms with Gasteiger partial charge in [0.2, 0.25) is 13.3 Å². The normalized spacial score (nSPS) is 27.2. The first kappa shape index (κ1) is 40.5. The minimum Gasteiger partial charge on any atom is -0.497 e. The Hall–Kier alpha value is -4.31. The standard InChI is InChI=1S/C46H53N2O8PS/c1-54-35-20-21-38-40(24-35)47-39(31-13-7-5-8-14-31)26-43(38)55-36-25-41-42(49)28-46(57(52,53)30-37-19-12-22-58-37)27-33(46)16-9-4-2-3-6-15-32(45(51)48(41)29-36)23-44(50)56-34-17-10-11-18-34/h5,7-9,12-14,16,19-22,24,26,32-34,36,41H,2-4,6,10-11,15,17-18,23,25,27-30H2,1H3,(H,52,53)/b16-9-/t32-,33+,36-,41+,46-/m1/s1. The second-order valence-electron chi connectivity index (χ2n) is 16.6. The van der Waals surface area contributed by atoms with Gasteiger partial charge in [-0.2, -0.15) is 0 Å². The number of nitrogens with zero attached hydrogens (tertiary/aromatic N) is 2. The first-order valence-corrected chi connectivity index (χ1v) is 23.6. The van der Waals surface area contributed by atoms with Crippen molar-refractivity contribution in [3.63, 3.8) is 0 Å². The van der Waals surface area contributed by atoms with Gasteiger partial charge < -0.3 is 24.0 Å². The number of carbonyl (C=O) groups excluding carboxylic acids is 3. The van der Waals surface area contributed by atoms with Gasteiger partial charge in [-0.15, -0.1) is 11.3 Å². The summed E-state index contributed by atoms with van der Waals surface area (Å²) in [5.41, 5.74) is 2.29. The van der Waals surface area contributed by atoms with Gasteiger partial charge in [-0.1, -0.05) is 61.4 Å². The Morgan fingerprint density at radius 3 is 2.57 bits per heavy atom. The van der Waals surface area contributed by atoms with Crippen molar-refractivity contribution in [2.45, 2.75) is 113 Å². The van der Waals surface area contributed by atoms with Crippen molar-refractivity contribution in [1.29, 1.82) is 0 Å². The molecule has 2 aromatic heterocycles. The highest BCUT2D eigenvalue weighted by Gasteiger charge is 2.65. The van der Waals surface area contributed by atoms with Crippen LogP contribution < -0.4 is 9.47 Å². The third-order valence-electron chi connectivity index (χ3n) is 12.6. The van der Waals surface area contributed by atoms with Crippen molar-refractivity contribution in [2.24, 2.45) is 11.8 Å². The van der Waals surface area contributed by atoms with Gasteiger partial charge in [-0.25, -0.2) is 4.98 Å². The summed E-state index contributed by atoms with van der Waals surface area (Å²) in [4.78, 5) is 62.3. The van der Waals surface area contributed by atoms with E-state index in [-0.39, 0.29) is 61.7 Å². The number of methoxy groups -OCH3 is 1. The SMILES string of the molecule is COc1ccc2c(O[C@@H]3C[C@H]4C(=O)C[C@]5(P(=O)(O)Cc6cccs6)C[C@@H]5/C=C\CCCCC[C@H](CC(=O)OC5CCCC5)C(=O)N4C3)cc(-c3ccccc3)nc2c1. The van der Waals surface area contributed by atoms with Gasteiger partial charge in [-0.3, -0.25) is 18.9 Å². The fraction of sp³-hybridized carbons (Fsp3) is 0.478. The van der Waals surface area contributed by atoms with Crippen LogP contribution in [0.3, 0.4) is 0 Å². The van der Waals surface area contributed by atoms with Crippen LogP contribution in [0.2, 0.25) is 0 Å². The fourth-order valence-corrected chi connectivity index (χ4v) is 13.0. The summed E-state index contributed by atoms with van der Waals surface area (Å²) in [5, 5.41) is 1.55. The predicted octanol–water partition coefficient (Wildman–Crippen LogP) is 9.52. The summed E-state index contributed by atoms with van der Waals surface area (Å²) in [6.45, 7) is 0.131. The zero-order chi connectivity index (χ0) is 40.3. The molecule has 1 unspecified atom stereocenters. The molecular weight excluding hydrogens is 772 g/mol. The smallest absolute Gasteiger partial charge is 0.306 e. The van der Waals surface area contributed by atoms with E-state index in [1.165, 1.54) is 11.3 Å². The largest absolute Gasteiger partial charge is 0.497 e. The van der Waals surface area contributed by atoms with Gasteiger partial charge >= 0.3 is 5.97 Å². The lowest BCUT2D eigenvalue weighted by Gasteiger charge is -2.30. The van der Waals surface area contributed by atoms with Crippen molar-refractivity contribution < 1.29 is 38.1 Å². The minimum absolute atomic E-state index is 0.0101. The molecule has 4 heterocycles. The van der Waals surface area contributed by atoms with Crippen molar-refractivity contribution >= 4 is 47.3 Å². The molecule has 0 bridgehead atoms. The molecule has 306 valence electrons. The monoisotopic (exact) mass is 824 g/mol. The lowest BCUT2D eigenvalue weighted by molar-refractivity contribution is -0.154. The molecule has 2 saturated carbocycles. The van der Waals surface area contributed by atoms with E-state index in [0.717, 1.165) is 67.2 Å². The van der Waals surface area contributed by atoms with Crippen molar-refractivity contribution in [3.8, 4) is 22.8 Å². The van der Waals surface area contributed by atoms with E-state index < -0.39 is 30.6 Å². The molecule has 6 atom stereocenters. The van der Waals surface area contributed by atoms with Crippen LogP contribution >= 0.6 is 18.7 Å². The van der Waals surface area contributed by atoms with Gasteiger partial charge in [0.15, 0.2) is 5.78 Å². The highest BCUT2D eigenvalue weighted by molar-refractivity contribution is 7.59. The summed E-state index contributed by atoms with van der Waals surface area (Å²) < 4.78 is 32.7. The number of benzene rings is 2. The van der Waals surface area contributed by atoms with Crippen LogP contribution in [0.5, 0.6) is 11.5 Å². The van der Waals surface area contributed by atoms with Gasteiger partial charge in [-0.05, 0) is 80.9 Å². The van der Waals surface area contributed by atoms with E-state index >= 15 is 0 Å². The molecule has 0 spiro atoms. The molecule has 4 aliphatic rings. The van der Waals surface area contributed by atoms with Gasteiger partial charge in [0.05, 0.1) is 48.6 Å². The third kappa shape index (κ3) is 8.82. The minimum atomic E-state index is -3.88. The van der Waals surface area contributed by atoms with Crippen LogP contribution in [-0.2, 0) is 29.8 Å². The Labute approximate surface area is 344 Å². The average Bonchev–Trinajstić information content (AvgIpc) is 3.68. The molecule has 2 aromatic carbocycles. The quantitative estimate of drug-likeness (QED) is 0.0944. The average molecular weight is 825 g/mol.